The summed E-state index contributed by atoms with van der Waals surface area (Å²) >= 11 is 0. The Morgan fingerprint density at radius 1 is 1.20 bits per heavy atom. The number of benzene rings is 2. The molecule has 1 fully saturated rings. The van der Waals surface area contributed by atoms with Crippen molar-refractivity contribution in [1.29, 1.82) is 0 Å². The molecule has 1 aromatic heterocycles. The first-order valence-corrected chi connectivity index (χ1v) is 10.5. The molecule has 2 aromatic carbocycles. The minimum absolute atomic E-state index is 0.0374. The Hall–Kier alpha value is -2.99. The Bertz CT molecular complexity index is 984. The van der Waals surface area contributed by atoms with Gasteiger partial charge in [0, 0.05) is 23.6 Å². The maximum atomic E-state index is 13.1. The number of hydrogen-bond acceptors (Lipinski definition) is 6. The number of aromatic nitrogens is 2. The van der Waals surface area contributed by atoms with Crippen LogP contribution in [-0.4, -0.2) is 40.0 Å². The van der Waals surface area contributed by atoms with Crippen LogP contribution < -0.4 is 4.74 Å². The highest BCUT2D eigenvalue weighted by Gasteiger charge is 2.28. The molecule has 1 unspecified atom stereocenters. The van der Waals surface area contributed by atoms with Crippen LogP contribution in [0.5, 0.6) is 5.75 Å². The van der Waals surface area contributed by atoms with E-state index in [0.717, 1.165) is 30.7 Å². The van der Waals surface area contributed by atoms with Crippen LogP contribution in [-0.2, 0) is 6.54 Å². The van der Waals surface area contributed by atoms with Gasteiger partial charge >= 0.3 is 0 Å². The summed E-state index contributed by atoms with van der Waals surface area (Å²) in [6.45, 7) is 6.13. The molecule has 1 aliphatic rings. The Morgan fingerprint density at radius 2 is 2.03 bits per heavy atom. The second kappa shape index (κ2) is 9.22. The summed E-state index contributed by atoms with van der Waals surface area (Å²) in [7, 11) is 0. The lowest BCUT2D eigenvalue weighted by molar-refractivity contribution is 0.0796. The molecule has 1 saturated heterocycles. The lowest BCUT2D eigenvalue weighted by Gasteiger charge is -2.30. The molecule has 2 heterocycles. The highest BCUT2D eigenvalue weighted by atomic mass is 16.5. The van der Waals surface area contributed by atoms with E-state index in [-0.39, 0.29) is 17.8 Å². The van der Waals surface area contributed by atoms with Gasteiger partial charge in [-0.25, -0.2) is 0 Å². The molecule has 6 heteroatoms. The fourth-order valence-corrected chi connectivity index (χ4v) is 3.86. The fourth-order valence-electron chi connectivity index (χ4n) is 3.86. The highest BCUT2D eigenvalue weighted by Crippen LogP contribution is 2.25. The van der Waals surface area contributed by atoms with E-state index >= 15 is 0 Å². The smallest absolute Gasteiger partial charge is 0.241 e. The number of Topliss-reactive ketones (excluding diaryl/α,β-unsaturated/α-hetero) is 1. The average Bonchev–Trinajstić information content (AvgIpc) is 3.22. The van der Waals surface area contributed by atoms with Gasteiger partial charge in [-0.2, -0.15) is 4.98 Å². The number of hydrogen-bond donors (Lipinski definition) is 0. The predicted molar refractivity (Wildman–Crippen MR) is 114 cm³/mol. The van der Waals surface area contributed by atoms with Crippen molar-refractivity contribution in [2.45, 2.75) is 39.3 Å². The van der Waals surface area contributed by atoms with Gasteiger partial charge in [0.1, 0.15) is 5.75 Å². The number of carbonyl (C=O) groups excluding carboxylic acids is 1. The van der Waals surface area contributed by atoms with Gasteiger partial charge in [0.15, 0.2) is 5.78 Å². The first kappa shape index (κ1) is 20.3. The van der Waals surface area contributed by atoms with Crippen LogP contribution in [0.4, 0.5) is 0 Å². The van der Waals surface area contributed by atoms with Crippen LogP contribution in [0.3, 0.4) is 0 Å². The zero-order chi connectivity index (χ0) is 20.9. The molecule has 0 saturated carbocycles. The normalized spacial score (nSPS) is 17.2. The maximum absolute atomic E-state index is 13.1. The number of ether oxygens (including phenoxy) is 1. The van der Waals surface area contributed by atoms with Gasteiger partial charge in [0.05, 0.1) is 12.6 Å². The number of ketones is 1. The monoisotopic (exact) mass is 405 g/mol. The highest BCUT2D eigenvalue weighted by molar-refractivity contribution is 5.98. The fraction of sp³-hybridized carbons (Fsp3) is 0.375. The topological polar surface area (TPSA) is 68.5 Å². The minimum atomic E-state index is -0.0374. The van der Waals surface area contributed by atoms with Gasteiger partial charge < -0.3 is 9.26 Å². The summed E-state index contributed by atoms with van der Waals surface area (Å²) in [6.07, 6.45) is 1.94. The van der Waals surface area contributed by atoms with Crippen molar-refractivity contribution in [3.63, 3.8) is 0 Å². The van der Waals surface area contributed by atoms with E-state index in [4.69, 9.17) is 9.26 Å². The van der Waals surface area contributed by atoms with E-state index in [1.54, 1.807) is 0 Å². The van der Waals surface area contributed by atoms with Crippen molar-refractivity contribution in [3.05, 3.63) is 66.1 Å². The average molecular weight is 405 g/mol. The van der Waals surface area contributed by atoms with Crippen molar-refractivity contribution in [2.24, 2.45) is 5.92 Å². The molecule has 6 nitrogen and oxygen atoms in total. The quantitative estimate of drug-likeness (QED) is 0.534. The van der Waals surface area contributed by atoms with Gasteiger partial charge in [-0.15, -0.1) is 0 Å². The molecule has 3 aromatic rings. The molecular weight excluding hydrogens is 378 g/mol. The molecule has 0 spiro atoms. The summed E-state index contributed by atoms with van der Waals surface area (Å²) in [4.78, 5) is 19.8. The lowest BCUT2D eigenvalue weighted by atomic mass is 9.90. The molecule has 0 bridgehead atoms. The Kier molecular flexibility index (Phi) is 6.23. The van der Waals surface area contributed by atoms with Gasteiger partial charge in [-0.1, -0.05) is 47.6 Å². The van der Waals surface area contributed by atoms with E-state index in [0.29, 0.717) is 30.4 Å². The van der Waals surface area contributed by atoms with Crippen LogP contribution in [0.15, 0.2) is 59.1 Å². The van der Waals surface area contributed by atoms with Crippen LogP contribution in [0.25, 0.3) is 11.4 Å². The number of nitrogens with zero attached hydrogens (tertiary/aromatic N) is 3. The second-order valence-electron chi connectivity index (χ2n) is 8.01. The SMILES string of the molecule is CC(C)Oc1cccc(C(=O)C2CCCN(Cc3nc(-c4ccccc4)no3)C2)c1. The molecule has 0 amide bonds. The maximum Gasteiger partial charge on any atom is 0.241 e. The standard InChI is InChI=1S/C24H27N3O3/c1-17(2)29-21-12-6-10-19(14-21)23(28)20-11-7-13-27(15-20)16-22-25-24(26-30-22)18-8-4-3-5-9-18/h3-6,8-10,12,14,17,20H,7,11,13,15-16H2,1-2H3. The van der Waals surface area contributed by atoms with Crippen molar-refractivity contribution < 1.29 is 14.1 Å². The van der Waals surface area contributed by atoms with Crippen LogP contribution in [0, 0.1) is 5.92 Å². The zero-order valence-corrected chi connectivity index (χ0v) is 17.5. The molecule has 4 rings (SSSR count). The Balaban J connectivity index is 1.40. The van der Waals surface area contributed by atoms with Crippen molar-refractivity contribution >= 4 is 5.78 Å². The van der Waals surface area contributed by atoms with E-state index in [2.05, 4.69) is 15.0 Å². The van der Waals surface area contributed by atoms with Crippen molar-refractivity contribution in [3.8, 4) is 17.1 Å². The van der Waals surface area contributed by atoms with E-state index in [1.807, 2.05) is 68.4 Å². The first-order valence-electron chi connectivity index (χ1n) is 10.5. The Morgan fingerprint density at radius 3 is 2.83 bits per heavy atom. The first-order chi connectivity index (χ1) is 14.6. The van der Waals surface area contributed by atoms with Crippen molar-refractivity contribution in [2.75, 3.05) is 13.1 Å². The molecule has 1 aliphatic heterocycles. The van der Waals surface area contributed by atoms with Gasteiger partial charge in [-0.3, -0.25) is 9.69 Å². The summed E-state index contributed by atoms with van der Waals surface area (Å²) in [6, 6.07) is 17.3. The lowest BCUT2D eigenvalue weighted by Crippen LogP contribution is -2.38. The molecule has 0 radical (unpaired) electrons. The second-order valence-corrected chi connectivity index (χ2v) is 8.01. The number of carbonyl (C=O) groups is 1. The summed E-state index contributed by atoms with van der Waals surface area (Å²) in [5.74, 6) is 2.04. The van der Waals surface area contributed by atoms with Crippen molar-refractivity contribution in [1.82, 2.24) is 15.0 Å². The number of piperidine rings is 1. The van der Waals surface area contributed by atoms with Gasteiger partial charge in [0.2, 0.25) is 11.7 Å². The summed E-state index contributed by atoms with van der Waals surface area (Å²) < 4.78 is 11.2. The molecule has 30 heavy (non-hydrogen) atoms. The number of rotatable bonds is 7. The zero-order valence-electron chi connectivity index (χ0n) is 17.5. The molecular formula is C24H27N3O3. The molecule has 0 N–H and O–H groups in total. The third-order valence-corrected chi connectivity index (χ3v) is 5.23. The van der Waals surface area contributed by atoms with Crippen LogP contribution >= 0.6 is 0 Å². The molecule has 1 atom stereocenters. The van der Waals surface area contributed by atoms with Crippen LogP contribution in [0.1, 0.15) is 42.9 Å². The van der Waals surface area contributed by atoms with Gasteiger partial charge in [-0.05, 0) is 45.4 Å². The van der Waals surface area contributed by atoms with Crippen LogP contribution in [0.2, 0.25) is 0 Å². The molecule has 0 aliphatic carbocycles. The third-order valence-electron chi connectivity index (χ3n) is 5.23. The van der Waals surface area contributed by atoms with Gasteiger partial charge in [0.25, 0.3) is 0 Å². The molecule has 156 valence electrons. The van der Waals surface area contributed by atoms with E-state index in [1.165, 1.54) is 0 Å². The number of likely N-dealkylation sites (tertiary alicyclic amines) is 1. The largest absolute Gasteiger partial charge is 0.491 e. The minimum Gasteiger partial charge on any atom is -0.491 e. The summed E-state index contributed by atoms with van der Waals surface area (Å²) in [5.41, 5.74) is 1.65. The summed E-state index contributed by atoms with van der Waals surface area (Å²) in [5, 5.41) is 4.09. The predicted octanol–water partition coefficient (Wildman–Crippen LogP) is 4.62. The Labute approximate surface area is 176 Å². The third kappa shape index (κ3) is 4.94. The van der Waals surface area contributed by atoms with E-state index < -0.39 is 0 Å². The van der Waals surface area contributed by atoms with E-state index in [9.17, 15) is 4.79 Å².